The summed E-state index contributed by atoms with van der Waals surface area (Å²) in [6.07, 6.45) is 2.98. The molecule has 0 unspecified atom stereocenters. The quantitative estimate of drug-likeness (QED) is 0.313. The van der Waals surface area contributed by atoms with E-state index in [9.17, 15) is 4.79 Å². The molecule has 0 aliphatic carbocycles. The molecule has 10 heteroatoms. The smallest absolute Gasteiger partial charge is 0.299 e. The number of halogens is 2. The third kappa shape index (κ3) is 3.94. The Balaban J connectivity index is 1.61. The molecule has 0 saturated carbocycles. The second kappa shape index (κ2) is 8.65. The average Bonchev–Trinajstić information content (AvgIpc) is 3.44. The molecule has 0 bridgehead atoms. The van der Waals surface area contributed by atoms with Crippen LogP contribution >= 0.6 is 23.2 Å². The number of carbonyl (C=O) groups is 1. The average molecular weight is 480 g/mol. The molecule has 5 rings (SSSR count). The van der Waals surface area contributed by atoms with E-state index in [1.807, 2.05) is 28.8 Å². The summed E-state index contributed by atoms with van der Waals surface area (Å²) < 4.78 is 12.5. The zero-order chi connectivity index (χ0) is 22.9. The van der Waals surface area contributed by atoms with Crippen LogP contribution in [0.3, 0.4) is 0 Å². The second-order valence-corrected chi connectivity index (χ2v) is 7.94. The Morgan fingerprint density at radius 2 is 1.91 bits per heavy atom. The molecule has 33 heavy (non-hydrogen) atoms. The number of hydrogen-bond acceptors (Lipinski definition) is 7. The van der Waals surface area contributed by atoms with Gasteiger partial charge in [0.1, 0.15) is 10.9 Å². The molecule has 2 aromatic carbocycles. The summed E-state index contributed by atoms with van der Waals surface area (Å²) in [5.41, 5.74) is 2.56. The van der Waals surface area contributed by atoms with Crippen molar-refractivity contribution >= 4 is 39.9 Å². The molecule has 0 amide bonds. The van der Waals surface area contributed by atoms with Crippen molar-refractivity contribution in [2.24, 2.45) is 0 Å². The first-order valence-electron chi connectivity index (χ1n) is 9.81. The summed E-state index contributed by atoms with van der Waals surface area (Å²) in [5.74, 6) is 0.142. The first-order chi connectivity index (χ1) is 16.0. The molecule has 0 radical (unpaired) electrons. The summed E-state index contributed by atoms with van der Waals surface area (Å²) >= 11 is 12.8. The van der Waals surface area contributed by atoms with Gasteiger partial charge in [0.25, 0.3) is 11.7 Å². The van der Waals surface area contributed by atoms with E-state index in [1.54, 1.807) is 31.4 Å². The Kier molecular flexibility index (Phi) is 5.53. The van der Waals surface area contributed by atoms with Gasteiger partial charge in [-0.25, -0.2) is 0 Å². The first-order valence-corrected chi connectivity index (χ1v) is 10.6. The van der Waals surface area contributed by atoms with E-state index in [0.29, 0.717) is 28.3 Å². The van der Waals surface area contributed by atoms with Crippen LogP contribution < -0.4 is 4.74 Å². The van der Waals surface area contributed by atoms with Gasteiger partial charge in [-0.15, -0.1) is 0 Å². The van der Waals surface area contributed by atoms with Crippen LogP contribution in [-0.2, 0) is 6.54 Å². The van der Waals surface area contributed by atoms with E-state index in [0.717, 1.165) is 11.1 Å². The molecule has 0 N–H and O–H groups in total. The van der Waals surface area contributed by atoms with Crippen LogP contribution in [0.25, 0.3) is 22.3 Å². The zero-order valence-electron chi connectivity index (χ0n) is 17.2. The van der Waals surface area contributed by atoms with Gasteiger partial charge in [0.2, 0.25) is 5.82 Å². The van der Waals surface area contributed by atoms with Crippen molar-refractivity contribution in [3.05, 3.63) is 88.1 Å². The minimum absolute atomic E-state index is 0.183. The van der Waals surface area contributed by atoms with Gasteiger partial charge in [-0.1, -0.05) is 40.5 Å². The fourth-order valence-corrected chi connectivity index (χ4v) is 4.00. The van der Waals surface area contributed by atoms with Crippen molar-refractivity contribution in [2.45, 2.75) is 6.54 Å². The summed E-state index contributed by atoms with van der Waals surface area (Å²) in [6, 6.07) is 14.5. The molecule has 0 spiro atoms. The van der Waals surface area contributed by atoms with E-state index < -0.39 is 5.78 Å². The third-order valence-corrected chi connectivity index (χ3v) is 5.80. The third-order valence-electron chi connectivity index (χ3n) is 5.15. The number of carbonyl (C=O) groups excluding carboxylic acids is 1. The van der Waals surface area contributed by atoms with E-state index in [1.165, 1.54) is 12.4 Å². The Morgan fingerprint density at radius 3 is 2.64 bits per heavy atom. The van der Waals surface area contributed by atoms with Crippen molar-refractivity contribution in [2.75, 3.05) is 7.11 Å². The number of nitrogens with zero attached hydrogens (tertiary/aromatic N) is 5. The fourth-order valence-electron chi connectivity index (χ4n) is 3.54. The van der Waals surface area contributed by atoms with Crippen LogP contribution in [0.15, 0.2) is 65.4 Å². The number of aromatic nitrogens is 5. The maximum atomic E-state index is 13.5. The monoisotopic (exact) mass is 479 g/mol. The first kappa shape index (κ1) is 21.1. The summed E-state index contributed by atoms with van der Waals surface area (Å²) in [7, 11) is 1.56. The van der Waals surface area contributed by atoms with Crippen LogP contribution in [0.5, 0.6) is 5.75 Å². The van der Waals surface area contributed by atoms with Crippen molar-refractivity contribution in [1.82, 2.24) is 24.9 Å². The van der Waals surface area contributed by atoms with Gasteiger partial charge in [0, 0.05) is 22.5 Å². The predicted octanol–water partition coefficient (Wildman–Crippen LogP) is 5.08. The molecule has 0 saturated heterocycles. The lowest BCUT2D eigenvalue weighted by Crippen LogP contribution is -2.04. The number of ketones is 1. The van der Waals surface area contributed by atoms with Gasteiger partial charge in [0.05, 0.1) is 30.6 Å². The standard InChI is InChI=1S/C23H15Cl2N5O3/c1-32-16-6-7-18-17(10-16)19(21(25)30(18)12-13-2-4-15(24)5-3-13)20(31)23-28-22(29-33-23)14-8-9-26-27-11-14/h2-11H,12H2,1H3. The number of hydrogen-bond donors (Lipinski definition) is 0. The lowest BCUT2D eigenvalue weighted by atomic mass is 10.1. The minimum Gasteiger partial charge on any atom is -0.497 e. The second-order valence-electron chi connectivity index (χ2n) is 7.14. The van der Waals surface area contributed by atoms with Gasteiger partial charge >= 0.3 is 0 Å². The largest absolute Gasteiger partial charge is 0.497 e. The molecule has 3 heterocycles. The number of fused-ring (bicyclic) bond motifs is 1. The number of benzene rings is 2. The summed E-state index contributed by atoms with van der Waals surface area (Å²) in [6.45, 7) is 0.434. The van der Waals surface area contributed by atoms with E-state index in [-0.39, 0.29) is 22.4 Å². The molecular weight excluding hydrogens is 465 g/mol. The summed E-state index contributed by atoms with van der Waals surface area (Å²) in [4.78, 5) is 17.7. The molecule has 0 aliphatic heterocycles. The molecule has 0 aliphatic rings. The van der Waals surface area contributed by atoms with Gasteiger partial charge in [-0.05, 0) is 42.0 Å². The van der Waals surface area contributed by atoms with E-state index in [4.69, 9.17) is 32.5 Å². The van der Waals surface area contributed by atoms with Crippen molar-refractivity contribution in [1.29, 1.82) is 0 Å². The van der Waals surface area contributed by atoms with Crippen LogP contribution in [0, 0.1) is 0 Å². The summed E-state index contributed by atoms with van der Waals surface area (Å²) in [5, 5.41) is 12.9. The van der Waals surface area contributed by atoms with Gasteiger partial charge in [0.15, 0.2) is 0 Å². The van der Waals surface area contributed by atoms with E-state index >= 15 is 0 Å². The Morgan fingerprint density at radius 1 is 1.09 bits per heavy atom. The van der Waals surface area contributed by atoms with Crippen LogP contribution in [0.1, 0.15) is 21.8 Å². The topological polar surface area (TPSA) is 95.9 Å². The van der Waals surface area contributed by atoms with Crippen LogP contribution in [0.4, 0.5) is 0 Å². The molecule has 0 fully saturated rings. The van der Waals surface area contributed by atoms with Crippen LogP contribution in [0.2, 0.25) is 10.2 Å². The fraction of sp³-hybridized carbons (Fsp3) is 0.0870. The number of rotatable bonds is 6. The molecule has 5 aromatic rings. The zero-order valence-corrected chi connectivity index (χ0v) is 18.7. The molecule has 8 nitrogen and oxygen atoms in total. The van der Waals surface area contributed by atoms with E-state index in [2.05, 4.69) is 20.3 Å². The number of methoxy groups -OCH3 is 1. The lowest BCUT2D eigenvalue weighted by Gasteiger charge is -2.08. The van der Waals surface area contributed by atoms with Crippen LogP contribution in [-0.4, -0.2) is 37.8 Å². The highest BCUT2D eigenvalue weighted by atomic mass is 35.5. The highest BCUT2D eigenvalue weighted by Gasteiger charge is 2.27. The molecule has 164 valence electrons. The minimum atomic E-state index is -0.492. The lowest BCUT2D eigenvalue weighted by molar-refractivity contribution is 0.0995. The maximum absolute atomic E-state index is 13.5. The molecule has 3 aromatic heterocycles. The Hall–Kier alpha value is -3.75. The highest BCUT2D eigenvalue weighted by Crippen LogP contribution is 2.35. The van der Waals surface area contributed by atoms with Gasteiger partial charge < -0.3 is 13.8 Å². The van der Waals surface area contributed by atoms with Gasteiger partial charge in [-0.3, -0.25) is 4.79 Å². The number of ether oxygens (including phenoxy) is 1. The van der Waals surface area contributed by atoms with Crippen molar-refractivity contribution in [3.63, 3.8) is 0 Å². The Bertz CT molecular complexity index is 1460. The molecule has 0 atom stereocenters. The predicted molar refractivity (Wildman–Crippen MR) is 123 cm³/mol. The SMILES string of the molecule is COc1ccc2c(c1)c(C(=O)c1nc(-c3ccnnc3)no1)c(Cl)n2Cc1ccc(Cl)cc1. The normalized spacial score (nSPS) is 11.1. The maximum Gasteiger partial charge on any atom is 0.299 e. The molecular formula is C23H15Cl2N5O3. The Labute approximate surface area is 197 Å². The van der Waals surface area contributed by atoms with Crippen molar-refractivity contribution < 1.29 is 14.1 Å². The highest BCUT2D eigenvalue weighted by molar-refractivity contribution is 6.36. The van der Waals surface area contributed by atoms with Gasteiger partial charge in [-0.2, -0.15) is 15.2 Å². The van der Waals surface area contributed by atoms with Crippen molar-refractivity contribution in [3.8, 4) is 17.1 Å².